The second-order valence-electron chi connectivity index (χ2n) is 4.59. The molecule has 0 saturated carbocycles. The molecule has 4 nitrogen and oxygen atoms in total. The van der Waals surface area contributed by atoms with E-state index in [0.717, 1.165) is 0 Å². The number of Topliss-reactive ketones (excluding diaryl/α,β-unsaturated/α-hetero) is 1. The van der Waals surface area contributed by atoms with E-state index in [0.29, 0.717) is 27.9 Å². The van der Waals surface area contributed by atoms with Crippen LogP contribution in [0.4, 0.5) is 0 Å². The van der Waals surface area contributed by atoms with Crippen molar-refractivity contribution >= 4 is 16.8 Å². The van der Waals surface area contributed by atoms with Crippen LogP contribution < -0.4 is 0 Å². The number of hydrogen-bond donors (Lipinski definition) is 2. The first-order chi connectivity index (χ1) is 9.56. The van der Waals surface area contributed by atoms with Crippen LogP contribution in [-0.4, -0.2) is 16.0 Å². The summed E-state index contributed by atoms with van der Waals surface area (Å²) in [5.41, 5.74) is 1.67. The average molecular weight is 722 g/mol. The molecule has 22 heavy (non-hydrogen) atoms. The molecule has 6 heteroatoms. The van der Waals surface area contributed by atoms with Crippen LogP contribution in [0.1, 0.15) is 17.3 Å². The fraction of sp³-hybridized carbons (Fsp3) is 0.0625. The maximum absolute atomic E-state index is 11.9. The number of fused-ring (bicyclic) bond motifs is 1. The molecule has 0 aliphatic heterocycles. The number of benzene rings is 2. The number of furan rings is 1. The molecule has 0 saturated heterocycles. The molecular weight excluding hydrogens is 710 g/mol. The molecule has 0 spiro atoms. The van der Waals surface area contributed by atoms with Gasteiger partial charge in [-0.05, 0) is 49.4 Å². The van der Waals surface area contributed by atoms with Gasteiger partial charge >= 0.3 is 0 Å². The van der Waals surface area contributed by atoms with Crippen molar-refractivity contribution in [2.45, 2.75) is 6.92 Å². The van der Waals surface area contributed by atoms with Gasteiger partial charge in [0, 0.05) is 99.1 Å². The molecule has 2 aromatic carbocycles. The van der Waals surface area contributed by atoms with E-state index in [1.54, 1.807) is 18.2 Å². The summed E-state index contributed by atoms with van der Waals surface area (Å²) in [5, 5.41) is 19.5. The van der Waals surface area contributed by atoms with Crippen molar-refractivity contribution in [2.75, 3.05) is 0 Å². The fourth-order valence-electron chi connectivity index (χ4n) is 2.25. The van der Waals surface area contributed by atoms with Crippen molar-refractivity contribution in [2.24, 2.45) is 0 Å². The number of aromatic hydroxyl groups is 2. The number of carbonyl (C=O) groups excluding carboxylic acids is 1. The Kier molecular flexibility index (Phi) is 7.61. The second-order valence-corrected chi connectivity index (χ2v) is 4.59. The Morgan fingerprint density at radius 2 is 1.55 bits per heavy atom. The summed E-state index contributed by atoms with van der Waals surface area (Å²) in [6.45, 7) is 1.46. The van der Waals surface area contributed by atoms with Gasteiger partial charge in [-0.3, -0.25) is 4.79 Å². The summed E-state index contributed by atoms with van der Waals surface area (Å²) in [4.78, 5) is 11.9. The molecule has 2 N–H and O–H groups in total. The van der Waals surface area contributed by atoms with Gasteiger partial charge in [-0.2, -0.15) is 0 Å². The smallest absolute Gasteiger partial charge is 0.164 e. The largest absolute Gasteiger partial charge is 0.508 e. The van der Waals surface area contributed by atoms with E-state index in [9.17, 15) is 15.0 Å². The molecular formula is C16H12Ac2O4. The quantitative estimate of drug-likeness (QED) is 0.397. The molecule has 0 fully saturated rings. The van der Waals surface area contributed by atoms with Crippen molar-refractivity contribution in [3.05, 3.63) is 48.0 Å². The van der Waals surface area contributed by atoms with Crippen LogP contribution in [-0.2, 0) is 0 Å². The Morgan fingerprint density at radius 3 is 2.14 bits per heavy atom. The van der Waals surface area contributed by atoms with Crippen LogP contribution in [0.25, 0.3) is 22.3 Å². The third-order valence-corrected chi connectivity index (χ3v) is 3.15. The van der Waals surface area contributed by atoms with Gasteiger partial charge in [-0.25, -0.2) is 0 Å². The Labute approximate surface area is 199 Å². The van der Waals surface area contributed by atoms with Gasteiger partial charge in [0.15, 0.2) is 5.78 Å². The molecule has 3 aromatic rings. The van der Waals surface area contributed by atoms with E-state index in [2.05, 4.69) is 0 Å². The summed E-state index contributed by atoms with van der Waals surface area (Å²) in [6, 6.07) is 11.1. The molecule has 0 atom stereocenters. The van der Waals surface area contributed by atoms with Crippen molar-refractivity contribution < 1.29 is 108 Å². The molecule has 1 aromatic heterocycles. The van der Waals surface area contributed by atoms with Crippen molar-refractivity contribution in [1.29, 1.82) is 0 Å². The van der Waals surface area contributed by atoms with E-state index in [4.69, 9.17) is 4.42 Å². The molecule has 3 rings (SSSR count). The topological polar surface area (TPSA) is 70.7 Å². The zero-order valence-electron chi connectivity index (χ0n) is 11.9. The number of phenols is 2. The van der Waals surface area contributed by atoms with Crippen molar-refractivity contribution in [3.63, 3.8) is 0 Å². The maximum Gasteiger partial charge on any atom is 0.164 e. The first kappa shape index (κ1) is 20.2. The van der Waals surface area contributed by atoms with Gasteiger partial charge in [0.1, 0.15) is 22.8 Å². The minimum atomic E-state index is -0.141. The normalized spacial score (nSPS) is 9.86. The Bertz CT molecular complexity index is 807. The van der Waals surface area contributed by atoms with Crippen LogP contribution in [0.2, 0.25) is 0 Å². The second kappa shape index (κ2) is 8.30. The standard InChI is InChI=1S/C16H12O4.2Ac/c1-9(17)15-13-8-12(19)6-7-14(13)20-16(15)10-2-4-11(18)5-3-10;;/h2-8,18-19H,1H3;;. The minimum absolute atomic E-state index is 0. The van der Waals surface area contributed by atoms with Crippen LogP contribution in [0, 0.1) is 88.1 Å². The molecule has 0 bridgehead atoms. The predicted octanol–water partition coefficient (Wildman–Crippen LogP) is 3.71. The van der Waals surface area contributed by atoms with E-state index >= 15 is 0 Å². The van der Waals surface area contributed by atoms with Gasteiger partial charge in [0.05, 0.1) is 5.56 Å². The number of hydrogen-bond acceptors (Lipinski definition) is 4. The summed E-state index contributed by atoms with van der Waals surface area (Å²) < 4.78 is 5.73. The molecule has 0 aliphatic rings. The number of carbonyl (C=O) groups is 1. The van der Waals surface area contributed by atoms with E-state index in [-0.39, 0.29) is 105 Å². The summed E-state index contributed by atoms with van der Waals surface area (Å²) in [5.74, 6) is 0.528. The van der Waals surface area contributed by atoms with E-state index in [1.165, 1.54) is 31.2 Å². The molecule has 0 amide bonds. The predicted molar refractivity (Wildman–Crippen MR) is 75.0 cm³/mol. The zero-order valence-corrected chi connectivity index (χ0v) is 21.4. The van der Waals surface area contributed by atoms with E-state index < -0.39 is 0 Å². The van der Waals surface area contributed by atoms with E-state index in [1.807, 2.05) is 0 Å². The van der Waals surface area contributed by atoms with Crippen molar-refractivity contribution in [3.8, 4) is 22.8 Å². The first-order valence-corrected chi connectivity index (χ1v) is 6.12. The molecule has 0 unspecified atom stereocenters. The Balaban J connectivity index is 0.00000121. The zero-order chi connectivity index (χ0) is 14.3. The molecule has 1 heterocycles. The Morgan fingerprint density at radius 1 is 0.955 bits per heavy atom. The average Bonchev–Trinajstić information content (AvgIpc) is 2.78. The fourth-order valence-corrected chi connectivity index (χ4v) is 2.25. The van der Waals surface area contributed by atoms with Gasteiger partial charge in [0.25, 0.3) is 0 Å². The number of ketones is 1. The van der Waals surface area contributed by atoms with Crippen LogP contribution in [0.3, 0.4) is 0 Å². The SMILES string of the molecule is CC(=O)c1c(-c2ccc(O)cc2)oc2ccc(O)cc12.[Ac].[Ac]. The van der Waals surface area contributed by atoms with Gasteiger partial charge in [-0.1, -0.05) is 0 Å². The van der Waals surface area contributed by atoms with Crippen LogP contribution >= 0.6 is 0 Å². The van der Waals surface area contributed by atoms with Gasteiger partial charge in [-0.15, -0.1) is 0 Å². The number of phenolic OH excluding ortho intramolecular Hbond substituents is 2. The third kappa shape index (κ3) is 3.96. The summed E-state index contributed by atoms with van der Waals surface area (Å²) in [6.07, 6.45) is 0. The Hall–Kier alpha value is 0.133. The van der Waals surface area contributed by atoms with Crippen LogP contribution in [0.15, 0.2) is 46.9 Å². The van der Waals surface area contributed by atoms with Crippen LogP contribution in [0.5, 0.6) is 11.5 Å². The minimum Gasteiger partial charge on any atom is -0.508 e. The van der Waals surface area contributed by atoms with Gasteiger partial charge in [0.2, 0.25) is 0 Å². The third-order valence-electron chi connectivity index (χ3n) is 3.15. The molecule has 0 aliphatic carbocycles. The van der Waals surface area contributed by atoms with Crippen molar-refractivity contribution in [1.82, 2.24) is 0 Å². The monoisotopic (exact) mass is 722 g/mol. The summed E-state index contributed by atoms with van der Waals surface area (Å²) >= 11 is 0. The molecule has 2 radical (unpaired) electrons. The summed E-state index contributed by atoms with van der Waals surface area (Å²) in [7, 11) is 0. The maximum atomic E-state index is 11.9. The first-order valence-electron chi connectivity index (χ1n) is 6.12. The molecule has 106 valence electrons. The number of rotatable bonds is 2. The van der Waals surface area contributed by atoms with Gasteiger partial charge < -0.3 is 14.6 Å².